The van der Waals surface area contributed by atoms with Crippen molar-refractivity contribution in [3.05, 3.63) is 56.5 Å². The summed E-state index contributed by atoms with van der Waals surface area (Å²) >= 11 is 0. The zero-order chi connectivity index (χ0) is 24.7. The van der Waals surface area contributed by atoms with Gasteiger partial charge in [-0.25, -0.2) is 9.78 Å². The van der Waals surface area contributed by atoms with Crippen LogP contribution < -0.4 is 16.0 Å². The third kappa shape index (κ3) is 4.06. The summed E-state index contributed by atoms with van der Waals surface area (Å²) in [5.41, 5.74) is 1.51. The molecule has 1 amide bonds. The van der Waals surface area contributed by atoms with E-state index in [2.05, 4.69) is 17.6 Å². The van der Waals surface area contributed by atoms with Gasteiger partial charge in [0.15, 0.2) is 0 Å². The Labute approximate surface area is 203 Å². The average Bonchev–Trinajstić information content (AvgIpc) is 3.34. The number of hydrogen-bond acceptors (Lipinski definition) is 5. The molecule has 1 spiro atoms. The second-order valence-corrected chi connectivity index (χ2v) is 9.80. The lowest BCUT2D eigenvalue weighted by Gasteiger charge is -2.27. The predicted octanol–water partition coefficient (Wildman–Crippen LogP) is 2.16. The SMILES string of the molecule is CCn1c(CCCC(=O)N2CCCC3(CC2)Cc2c(n(C)c(=O)n(C)c2=O)O3)nc2ccccc21. The minimum absolute atomic E-state index is 0.153. The summed E-state index contributed by atoms with van der Waals surface area (Å²) < 4.78 is 11.1. The third-order valence-electron chi connectivity index (χ3n) is 7.60. The lowest BCUT2D eigenvalue weighted by molar-refractivity contribution is -0.131. The van der Waals surface area contributed by atoms with E-state index in [-0.39, 0.29) is 17.2 Å². The van der Waals surface area contributed by atoms with Crippen molar-refractivity contribution in [1.29, 1.82) is 0 Å². The van der Waals surface area contributed by atoms with Gasteiger partial charge in [0.2, 0.25) is 11.8 Å². The highest BCUT2D eigenvalue weighted by Gasteiger charge is 2.44. The number of aryl methyl sites for hydroxylation is 2. The molecule has 0 radical (unpaired) electrons. The van der Waals surface area contributed by atoms with Crippen LogP contribution in [0.25, 0.3) is 11.0 Å². The third-order valence-corrected chi connectivity index (χ3v) is 7.60. The molecule has 0 saturated carbocycles. The molecule has 1 aromatic carbocycles. The van der Waals surface area contributed by atoms with Gasteiger partial charge >= 0.3 is 5.69 Å². The second-order valence-electron chi connectivity index (χ2n) is 9.80. The molecular formula is C26H33N5O4. The molecule has 0 bridgehead atoms. The van der Waals surface area contributed by atoms with Gasteiger partial charge in [0, 0.05) is 59.4 Å². The minimum atomic E-state index is -0.527. The molecule has 5 rings (SSSR count). The first-order valence-electron chi connectivity index (χ1n) is 12.5. The Morgan fingerprint density at radius 3 is 2.71 bits per heavy atom. The summed E-state index contributed by atoms with van der Waals surface area (Å²) in [4.78, 5) is 44.7. The number of likely N-dealkylation sites (tertiary alicyclic amines) is 1. The Bertz CT molecular complexity index is 1400. The van der Waals surface area contributed by atoms with Gasteiger partial charge in [0.25, 0.3) is 5.56 Å². The van der Waals surface area contributed by atoms with Crippen molar-refractivity contribution in [2.75, 3.05) is 13.1 Å². The van der Waals surface area contributed by atoms with E-state index in [1.54, 1.807) is 7.05 Å². The first kappa shape index (κ1) is 23.4. The first-order chi connectivity index (χ1) is 16.8. The molecule has 2 aliphatic rings. The van der Waals surface area contributed by atoms with E-state index in [9.17, 15) is 14.4 Å². The molecule has 0 aliphatic carbocycles. The number of hydrogen-bond donors (Lipinski definition) is 0. The van der Waals surface area contributed by atoms with E-state index in [0.717, 1.165) is 53.7 Å². The molecule has 3 aromatic rings. The average molecular weight is 480 g/mol. The summed E-state index contributed by atoms with van der Waals surface area (Å²) in [5, 5.41) is 0. The number of ether oxygens (including phenoxy) is 1. The molecule has 35 heavy (non-hydrogen) atoms. The number of amides is 1. The van der Waals surface area contributed by atoms with Gasteiger partial charge in [-0.05, 0) is 38.3 Å². The maximum atomic E-state index is 13.0. The van der Waals surface area contributed by atoms with Crippen LogP contribution in [0.3, 0.4) is 0 Å². The summed E-state index contributed by atoms with van der Waals surface area (Å²) in [5.74, 6) is 1.57. The topological polar surface area (TPSA) is 91.4 Å². The fourth-order valence-corrected chi connectivity index (χ4v) is 5.66. The van der Waals surface area contributed by atoms with Crippen molar-refractivity contribution in [2.24, 2.45) is 14.1 Å². The maximum absolute atomic E-state index is 13.0. The number of imidazole rings is 1. The lowest BCUT2D eigenvalue weighted by atomic mass is 9.90. The highest BCUT2D eigenvalue weighted by molar-refractivity contribution is 5.77. The molecule has 1 saturated heterocycles. The number of nitrogens with zero attached hydrogens (tertiary/aromatic N) is 5. The van der Waals surface area contributed by atoms with E-state index in [1.807, 2.05) is 23.1 Å². The molecule has 9 nitrogen and oxygen atoms in total. The zero-order valence-corrected chi connectivity index (χ0v) is 20.7. The van der Waals surface area contributed by atoms with Crippen LogP contribution in [-0.4, -0.2) is 48.2 Å². The number of para-hydroxylation sites is 2. The number of carbonyl (C=O) groups is 1. The predicted molar refractivity (Wildman–Crippen MR) is 133 cm³/mol. The van der Waals surface area contributed by atoms with E-state index >= 15 is 0 Å². The van der Waals surface area contributed by atoms with E-state index in [1.165, 1.54) is 11.6 Å². The van der Waals surface area contributed by atoms with Crippen LogP contribution in [0.15, 0.2) is 33.9 Å². The van der Waals surface area contributed by atoms with Crippen molar-refractivity contribution < 1.29 is 9.53 Å². The molecule has 2 aliphatic heterocycles. The summed E-state index contributed by atoms with van der Waals surface area (Å²) in [7, 11) is 3.14. The zero-order valence-electron chi connectivity index (χ0n) is 20.7. The molecule has 1 unspecified atom stereocenters. The van der Waals surface area contributed by atoms with Gasteiger partial charge in [0.1, 0.15) is 11.4 Å². The lowest BCUT2D eigenvalue weighted by Crippen LogP contribution is -2.38. The monoisotopic (exact) mass is 479 g/mol. The molecule has 2 aromatic heterocycles. The summed E-state index contributed by atoms with van der Waals surface area (Å²) in [6.07, 6.45) is 4.69. The van der Waals surface area contributed by atoms with Gasteiger partial charge in [-0.3, -0.25) is 18.7 Å². The number of aromatic nitrogens is 4. The van der Waals surface area contributed by atoms with Crippen molar-refractivity contribution in [2.45, 2.75) is 64.0 Å². The van der Waals surface area contributed by atoms with E-state index < -0.39 is 5.60 Å². The van der Waals surface area contributed by atoms with Crippen molar-refractivity contribution in [1.82, 2.24) is 23.6 Å². The van der Waals surface area contributed by atoms with Gasteiger partial charge in [-0.1, -0.05) is 12.1 Å². The quantitative estimate of drug-likeness (QED) is 0.559. The van der Waals surface area contributed by atoms with Crippen molar-refractivity contribution >= 4 is 16.9 Å². The van der Waals surface area contributed by atoms with Crippen LogP contribution in [0.1, 0.15) is 50.4 Å². The highest BCUT2D eigenvalue weighted by Crippen LogP contribution is 2.38. The first-order valence-corrected chi connectivity index (χ1v) is 12.5. The van der Waals surface area contributed by atoms with Crippen molar-refractivity contribution in [3.63, 3.8) is 0 Å². The fraction of sp³-hybridized carbons (Fsp3) is 0.538. The molecule has 186 valence electrons. The van der Waals surface area contributed by atoms with Crippen LogP contribution in [0.2, 0.25) is 0 Å². The van der Waals surface area contributed by atoms with Crippen LogP contribution in [0.4, 0.5) is 0 Å². The molecule has 0 N–H and O–H groups in total. The van der Waals surface area contributed by atoms with Crippen LogP contribution in [0, 0.1) is 0 Å². The standard InChI is InChI=1S/C26H33N5O4/c1-4-31-20-10-6-5-9-19(20)27-21(31)11-7-12-22(32)30-15-8-13-26(14-16-30)17-18-23(33)28(2)25(34)29(3)24(18)35-26/h5-6,9-10H,4,7-8,11-17H2,1-3H3. The smallest absolute Gasteiger partial charge is 0.333 e. The Morgan fingerprint density at radius 1 is 1.11 bits per heavy atom. The fourth-order valence-electron chi connectivity index (χ4n) is 5.66. The van der Waals surface area contributed by atoms with Gasteiger partial charge in [-0.15, -0.1) is 0 Å². The summed E-state index contributed by atoms with van der Waals surface area (Å²) in [6.45, 7) is 4.25. The Hall–Kier alpha value is -3.36. The Balaban J connectivity index is 1.21. The van der Waals surface area contributed by atoms with Gasteiger partial charge in [-0.2, -0.15) is 0 Å². The number of fused-ring (bicyclic) bond motifs is 2. The number of carbonyl (C=O) groups excluding carboxylic acids is 1. The van der Waals surface area contributed by atoms with E-state index in [4.69, 9.17) is 9.72 Å². The van der Waals surface area contributed by atoms with Gasteiger partial charge < -0.3 is 14.2 Å². The molecule has 9 heteroatoms. The largest absolute Gasteiger partial charge is 0.471 e. The van der Waals surface area contributed by atoms with Crippen LogP contribution in [0.5, 0.6) is 5.88 Å². The molecular weight excluding hydrogens is 446 g/mol. The van der Waals surface area contributed by atoms with Crippen molar-refractivity contribution in [3.8, 4) is 5.88 Å². The molecule has 4 heterocycles. The Morgan fingerprint density at radius 2 is 1.91 bits per heavy atom. The van der Waals surface area contributed by atoms with Gasteiger partial charge in [0.05, 0.1) is 16.6 Å². The second kappa shape index (κ2) is 9.02. The highest BCUT2D eigenvalue weighted by atomic mass is 16.5. The molecule has 1 atom stereocenters. The Kier molecular flexibility index (Phi) is 6.02. The summed E-state index contributed by atoms with van der Waals surface area (Å²) in [6, 6.07) is 8.14. The number of rotatable bonds is 5. The minimum Gasteiger partial charge on any atom is -0.471 e. The van der Waals surface area contributed by atoms with Crippen LogP contribution in [-0.2, 0) is 38.3 Å². The normalized spacial score (nSPS) is 19.7. The van der Waals surface area contributed by atoms with E-state index in [0.29, 0.717) is 43.8 Å². The molecule has 1 fully saturated rings. The van der Waals surface area contributed by atoms with Crippen LogP contribution >= 0.6 is 0 Å². The maximum Gasteiger partial charge on any atom is 0.333 e. The number of benzene rings is 1.